The van der Waals surface area contributed by atoms with Crippen LogP contribution in [-0.2, 0) is 10.0 Å². The first-order valence-electron chi connectivity index (χ1n) is 7.10. The van der Waals surface area contributed by atoms with Gasteiger partial charge in [0.1, 0.15) is 0 Å². The lowest BCUT2D eigenvalue weighted by atomic mass is 9.96. The van der Waals surface area contributed by atoms with Crippen LogP contribution in [0.4, 0.5) is 0 Å². The van der Waals surface area contributed by atoms with Crippen LogP contribution in [0.25, 0.3) is 0 Å². The van der Waals surface area contributed by atoms with E-state index in [0.29, 0.717) is 24.1 Å². The number of hydrogen-bond donors (Lipinski definition) is 1. The molecule has 1 aliphatic heterocycles. The van der Waals surface area contributed by atoms with E-state index in [1.165, 1.54) is 0 Å². The molecule has 0 aromatic heterocycles. The first kappa shape index (κ1) is 15.9. The average Bonchev–Trinajstić information content (AvgIpc) is 2.37. The number of piperidine rings is 1. The van der Waals surface area contributed by atoms with Gasteiger partial charge in [0, 0.05) is 13.6 Å². The molecule has 108 valence electrons. The second kappa shape index (κ2) is 7.46. The van der Waals surface area contributed by atoms with E-state index in [9.17, 15) is 8.42 Å². The smallest absolute Gasteiger partial charge is 0.213 e. The molecule has 1 N–H and O–H groups in total. The Kier molecular flexibility index (Phi) is 6.60. The maximum atomic E-state index is 12.1. The quantitative estimate of drug-likeness (QED) is 0.770. The summed E-state index contributed by atoms with van der Waals surface area (Å²) in [4.78, 5) is 0. The first-order valence-corrected chi connectivity index (χ1v) is 8.71. The minimum Gasteiger partial charge on any atom is -0.317 e. The molecular formula is C13H28N2O2S. The van der Waals surface area contributed by atoms with Crippen LogP contribution < -0.4 is 5.32 Å². The molecule has 1 rings (SSSR count). The van der Waals surface area contributed by atoms with Crippen molar-refractivity contribution < 1.29 is 8.42 Å². The van der Waals surface area contributed by atoms with Gasteiger partial charge in [0.05, 0.1) is 5.75 Å². The van der Waals surface area contributed by atoms with Crippen molar-refractivity contribution in [2.75, 3.05) is 32.4 Å². The molecule has 0 aromatic carbocycles. The van der Waals surface area contributed by atoms with E-state index in [2.05, 4.69) is 19.2 Å². The van der Waals surface area contributed by atoms with E-state index in [1.54, 1.807) is 11.4 Å². The molecule has 0 spiro atoms. The second-order valence-electron chi connectivity index (χ2n) is 5.59. The van der Waals surface area contributed by atoms with E-state index < -0.39 is 10.0 Å². The van der Waals surface area contributed by atoms with Gasteiger partial charge in [-0.15, -0.1) is 0 Å². The largest absolute Gasteiger partial charge is 0.317 e. The lowest BCUT2D eigenvalue weighted by Gasteiger charge is -2.24. The van der Waals surface area contributed by atoms with Crippen molar-refractivity contribution >= 4 is 10.0 Å². The minimum atomic E-state index is -3.05. The summed E-state index contributed by atoms with van der Waals surface area (Å²) in [7, 11) is -1.34. The fourth-order valence-corrected chi connectivity index (χ4v) is 3.75. The standard InChI is InChI=1S/C13H28N2O2S/c1-4-12(2)11-15(3)18(16,17)10-7-13-5-8-14-9-6-13/h12-14H,4-11H2,1-3H3. The molecule has 1 heterocycles. The molecule has 4 nitrogen and oxygen atoms in total. The Morgan fingerprint density at radius 2 is 1.94 bits per heavy atom. The molecule has 1 aliphatic rings. The lowest BCUT2D eigenvalue weighted by molar-refractivity contribution is 0.357. The van der Waals surface area contributed by atoms with Crippen LogP contribution in [0.3, 0.4) is 0 Å². The topological polar surface area (TPSA) is 49.4 Å². The molecule has 0 bridgehead atoms. The molecule has 1 atom stereocenters. The van der Waals surface area contributed by atoms with E-state index in [-0.39, 0.29) is 0 Å². The molecule has 1 saturated heterocycles. The zero-order valence-corrected chi connectivity index (χ0v) is 12.8. The summed E-state index contributed by atoms with van der Waals surface area (Å²) in [6.07, 6.45) is 4.07. The first-order chi connectivity index (χ1) is 8.45. The molecule has 0 amide bonds. The Hall–Kier alpha value is -0.130. The third kappa shape index (κ3) is 5.24. The van der Waals surface area contributed by atoms with Gasteiger partial charge in [0.25, 0.3) is 0 Å². The van der Waals surface area contributed by atoms with Gasteiger partial charge in [-0.2, -0.15) is 0 Å². The Bertz CT molecular complexity index is 324. The predicted octanol–water partition coefficient (Wildman–Crippen LogP) is 1.68. The third-order valence-electron chi connectivity index (χ3n) is 3.98. The molecule has 0 aromatic rings. The van der Waals surface area contributed by atoms with Crippen LogP contribution in [0.2, 0.25) is 0 Å². The zero-order valence-electron chi connectivity index (χ0n) is 12.0. The van der Waals surface area contributed by atoms with Crippen molar-refractivity contribution in [2.24, 2.45) is 11.8 Å². The number of rotatable bonds is 7. The highest BCUT2D eigenvalue weighted by molar-refractivity contribution is 7.89. The zero-order chi connectivity index (χ0) is 13.6. The SMILES string of the molecule is CCC(C)CN(C)S(=O)(=O)CCC1CCNCC1. The summed E-state index contributed by atoms with van der Waals surface area (Å²) in [5, 5.41) is 3.31. The van der Waals surface area contributed by atoms with Crippen LogP contribution in [0.1, 0.15) is 39.5 Å². The van der Waals surface area contributed by atoms with Crippen molar-refractivity contribution in [2.45, 2.75) is 39.5 Å². The highest BCUT2D eigenvalue weighted by Crippen LogP contribution is 2.18. The maximum absolute atomic E-state index is 12.1. The molecule has 5 heteroatoms. The van der Waals surface area contributed by atoms with Crippen molar-refractivity contribution in [3.8, 4) is 0 Å². The summed E-state index contributed by atoms with van der Waals surface area (Å²) in [6, 6.07) is 0. The van der Waals surface area contributed by atoms with Crippen LogP contribution in [0.15, 0.2) is 0 Å². The Balaban J connectivity index is 2.38. The summed E-state index contributed by atoms with van der Waals surface area (Å²) in [5.41, 5.74) is 0. The monoisotopic (exact) mass is 276 g/mol. The summed E-state index contributed by atoms with van der Waals surface area (Å²) in [6.45, 7) is 6.91. The van der Waals surface area contributed by atoms with Crippen LogP contribution in [-0.4, -0.2) is 45.2 Å². The fraction of sp³-hybridized carbons (Fsp3) is 1.00. The number of nitrogens with zero attached hydrogens (tertiary/aromatic N) is 1. The van der Waals surface area contributed by atoms with E-state index >= 15 is 0 Å². The summed E-state index contributed by atoms with van der Waals surface area (Å²) in [5.74, 6) is 1.33. The van der Waals surface area contributed by atoms with Gasteiger partial charge >= 0.3 is 0 Å². The molecule has 0 saturated carbocycles. The van der Waals surface area contributed by atoms with Gasteiger partial charge in [-0.1, -0.05) is 20.3 Å². The molecule has 1 fully saturated rings. The normalized spacial score (nSPS) is 20.2. The molecule has 0 aliphatic carbocycles. The van der Waals surface area contributed by atoms with Crippen molar-refractivity contribution in [3.63, 3.8) is 0 Å². The molecule has 0 radical (unpaired) electrons. The van der Waals surface area contributed by atoms with Gasteiger partial charge in [0.15, 0.2) is 0 Å². The summed E-state index contributed by atoms with van der Waals surface area (Å²) >= 11 is 0. The Morgan fingerprint density at radius 1 is 1.33 bits per heavy atom. The minimum absolute atomic E-state index is 0.310. The third-order valence-corrected chi connectivity index (χ3v) is 5.83. The predicted molar refractivity (Wildman–Crippen MR) is 76.1 cm³/mol. The van der Waals surface area contributed by atoms with Gasteiger partial charge in [-0.05, 0) is 44.2 Å². The lowest BCUT2D eigenvalue weighted by Crippen LogP contribution is -2.34. The van der Waals surface area contributed by atoms with E-state index in [1.807, 2.05) is 0 Å². The van der Waals surface area contributed by atoms with Gasteiger partial charge in [-0.3, -0.25) is 0 Å². The second-order valence-corrected chi connectivity index (χ2v) is 7.79. The van der Waals surface area contributed by atoms with E-state index in [4.69, 9.17) is 0 Å². The van der Waals surface area contributed by atoms with E-state index in [0.717, 1.165) is 38.8 Å². The summed E-state index contributed by atoms with van der Waals surface area (Å²) < 4.78 is 25.8. The van der Waals surface area contributed by atoms with Crippen LogP contribution in [0.5, 0.6) is 0 Å². The number of hydrogen-bond acceptors (Lipinski definition) is 3. The Labute approximate surface area is 112 Å². The van der Waals surface area contributed by atoms with Gasteiger partial charge in [-0.25, -0.2) is 12.7 Å². The number of sulfonamides is 1. The van der Waals surface area contributed by atoms with Crippen molar-refractivity contribution in [3.05, 3.63) is 0 Å². The average molecular weight is 276 g/mol. The van der Waals surface area contributed by atoms with Gasteiger partial charge < -0.3 is 5.32 Å². The molecule has 18 heavy (non-hydrogen) atoms. The fourth-order valence-electron chi connectivity index (χ4n) is 2.32. The molecule has 1 unspecified atom stereocenters. The highest BCUT2D eigenvalue weighted by Gasteiger charge is 2.22. The van der Waals surface area contributed by atoms with Crippen LogP contribution in [0, 0.1) is 11.8 Å². The highest BCUT2D eigenvalue weighted by atomic mass is 32.2. The van der Waals surface area contributed by atoms with Crippen LogP contribution >= 0.6 is 0 Å². The number of nitrogens with one attached hydrogen (secondary N) is 1. The van der Waals surface area contributed by atoms with Gasteiger partial charge in [0.2, 0.25) is 10.0 Å². The Morgan fingerprint density at radius 3 is 2.50 bits per heavy atom. The van der Waals surface area contributed by atoms with Crippen molar-refractivity contribution in [1.82, 2.24) is 9.62 Å². The maximum Gasteiger partial charge on any atom is 0.213 e. The molecular weight excluding hydrogens is 248 g/mol. The van der Waals surface area contributed by atoms with Crippen molar-refractivity contribution in [1.29, 1.82) is 0 Å².